The second-order valence-corrected chi connectivity index (χ2v) is 5.85. The number of hydrogen-bond acceptors (Lipinski definition) is 3. The molecule has 0 saturated heterocycles. The molecule has 2 N–H and O–H groups in total. The van der Waals surface area contributed by atoms with E-state index >= 15 is 0 Å². The summed E-state index contributed by atoms with van der Waals surface area (Å²) in [5, 5.41) is 11.3. The van der Waals surface area contributed by atoms with Gasteiger partial charge in [-0.2, -0.15) is 0 Å². The van der Waals surface area contributed by atoms with Crippen molar-refractivity contribution >= 4 is 11.9 Å². The maximum Gasteiger partial charge on any atom is 0.303 e. The van der Waals surface area contributed by atoms with E-state index in [-0.39, 0.29) is 24.3 Å². The first-order valence-corrected chi connectivity index (χ1v) is 7.03. The largest absolute Gasteiger partial charge is 0.488 e. The van der Waals surface area contributed by atoms with Crippen LogP contribution in [0.5, 0.6) is 5.75 Å². The number of rotatable bonds is 7. The Labute approximate surface area is 125 Å². The van der Waals surface area contributed by atoms with Crippen molar-refractivity contribution in [2.45, 2.75) is 52.2 Å². The second-order valence-electron chi connectivity index (χ2n) is 5.85. The molecule has 0 spiro atoms. The highest BCUT2D eigenvalue weighted by atomic mass is 16.5. The molecule has 0 unspecified atom stereocenters. The number of para-hydroxylation sites is 1. The Kier molecular flexibility index (Phi) is 6.21. The first-order chi connectivity index (χ1) is 9.78. The Morgan fingerprint density at radius 1 is 1.19 bits per heavy atom. The van der Waals surface area contributed by atoms with Crippen molar-refractivity contribution in [3.8, 4) is 5.75 Å². The molecule has 1 amide bonds. The molecule has 0 atom stereocenters. The zero-order chi connectivity index (χ0) is 15.9. The average Bonchev–Trinajstić information content (AvgIpc) is 2.35. The fraction of sp³-hybridized carbons (Fsp3) is 0.500. The highest BCUT2D eigenvalue weighted by Gasteiger charge is 2.14. The van der Waals surface area contributed by atoms with Gasteiger partial charge < -0.3 is 15.2 Å². The van der Waals surface area contributed by atoms with Crippen molar-refractivity contribution in [1.29, 1.82) is 0 Å². The molecule has 0 aromatic heterocycles. The minimum Gasteiger partial charge on any atom is -0.488 e. The standard InChI is InChI=1S/C16H23NO4/c1-16(2,3)21-13-8-5-4-7-12(13)11-17-14(18)9-6-10-15(19)20/h4-5,7-8H,6,9-11H2,1-3H3,(H,17,18)(H,19,20). The summed E-state index contributed by atoms with van der Waals surface area (Å²) in [7, 11) is 0. The summed E-state index contributed by atoms with van der Waals surface area (Å²) in [5.41, 5.74) is 0.598. The molecule has 1 rings (SSSR count). The van der Waals surface area contributed by atoms with E-state index in [0.29, 0.717) is 13.0 Å². The van der Waals surface area contributed by atoms with Crippen LogP contribution in [0.3, 0.4) is 0 Å². The number of hydrogen-bond donors (Lipinski definition) is 2. The van der Waals surface area contributed by atoms with Crippen LogP contribution in [0.2, 0.25) is 0 Å². The number of ether oxygens (including phenoxy) is 1. The normalized spacial score (nSPS) is 11.0. The van der Waals surface area contributed by atoms with Crippen molar-refractivity contribution in [2.75, 3.05) is 0 Å². The molecule has 0 aliphatic rings. The van der Waals surface area contributed by atoms with Gasteiger partial charge in [0.2, 0.25) is 5.91 Å². The lowest BCUT2D eigenvalue weighted by Gasteiger charge is -2.23. The maximum atomic E-state index is 11.6. The number of carbonyl (C=O) groups is 2. The third kappa shape index (κ3) is 7.34. The Hall–Kier alpha value is -2.04. The molecule has 5 nitrogen and oxygen atoms in total. The van der Waals surface area contributed by atoms with Gasteiger partial charge >= 0.3 is 5.97 Å². The Bertz CT molecular complexity index is 491. The molecule has 116 valence electrons. The third-order valence-corrected chi connectivity index (χ3v) is 2.66. The van der Waals surface area contributed by atoms with E-state index in [4.69, 9.17) is 9.84 Å². The lowest BCUT2D eigenvalue weighted by atomic mass is 10.1. The van der Waals surface area contributed by atoms with Crippen LogP contribution in [0, 0.1) is 0 Å². The van der Waals surface area contributed by atoms with Gasteiger partial charge in [-0.1, -0.05) is 18.2 Å². The molecule has 1 aromatic rings. The van der Waals surface area contributed by atoms with Gasteiger partial charge in [0, 0.05) is 24.9 Å². The molecule has 0 radical (unpaired) electrons. The number of benzene rings is 1. The van der Waals surface area contributed by atoms with E-state index in [1.165, 1.54) is 0 Å². The van der Waals surface area contributed by atoms with Gasteiger partial charge in [0.25, 0.3) is 0 Å². The van der Waals surface area contributed by atoms with Crippen molar-refractivity contribution in [3.63, 3.8) is 0 Å². The summed E-state index contributed by atoms with van der Waals surface area (Å²) in [4.78, 5) is 22.0. The predicted molar refractivity (Wildman–Crippen MR) is 80.2 cm³/mol. The zero-order valence-corrected chi connectivity index (χ0v) is 12.8. The van der Waals surface area contributed by atoms with Crippen molar-refractivity contribution in [1.82, 2.24) is 5.32 Å². The second kappa shape index (κ2) is 7.67. The molecule has 21 heavy (non-hydrogen) atoms. The number of carboxylic acid groups (broad SMARTS) is 1. The molecule has 1 aromatic carbocycles. The van der Waals surface area contributed by atoms with Gasteiger partial charge in [0.05, 0.1) is 0 Å². The molecule has 0 saturated carbocycles. The smallest absolute Gasteiger partial charge is 0.303 e. The van der Waals surface area contributed by atoms with E-state index in [0.717, 1.165) is 11.3 Å². The summed E-state index contributed by atoms with van der Waals surface area (Å²) in [6, 6.07) is 7.55. The number of carbonyl (C=O) groups excluding carboxylic acids is 1. The lowest BCUT2D eigenvalue weighted by molar-refractivity contribution is -0.137. The van der Waals surface area contributed by atoms with Gasteiger partial charge in [0.15, 0.2) is 0 Å². The fourth-order valence-corrected chi connectivity index (χ4v) is 1.76. The Balaban J connectivity index is 2.51. The van der Waals surface area contributed by atoms with E-state index < -0.39 is 5.97 Å². The van der Waals surface area contributed by atoms with E-state index in [9.17, 15) is 9.59 Å². The minimum atomic E-state index is -0.883. The van der Waals surface area contributed by atoms with Crippen LogP contribution in [0.4, 0.5) is 0 Å². The average molecular weight is 293 g/mol. The van der Waals surface area contributed by atoms with E-state index in [2.05, 4.69) is 5.32 Å². The van der Waals surface area contributed by atoms with Crippen LogP contribution in [-0.4, -0.2) is 22.6 Å². The molecule has 0 bridgehead atoms. The van der Waals surface area contributed by atoms with Crippen molar-refractivity contribution < 1.29 is 19.4 Å². The molecular weight excluding hydrogens is 270 g/mol. The number of aliphatic carboxylic acids is 1. The van der Waals surface area contributed by atoms with Gasteiger partial charge in [-0.15, -0.1) is 0 Å². The summed E-state index contributed by atoms with van der Waals surface area (Å²) in [6.07, 6.45) is 0.576. The first-order valence-electron chi connectivity index (χ1n) is 7.03. The first kappa shape index (κ1) is 17.0. The molecular formula is C16H23NO4. The van der Waals surface area contributed by atoms with Gasteiger partial charge in [-0.3, -0.25) is 9.59 Å². The van der Waals surface area contributed by atoms with Crippen LogP contribution >= 0.6 is 0 Å². The van der Waals surface area contributed by atoms with Gasteiger partial charge in [0.1, 0.15) is 11.4 Å². The number of amides is 1. The summed E-state index contributed by atoms with van der Waals surface area (Å²) >= 11 is 0. The van der Waals surface area contributed by atoms with Gasteiger partial charge in [-0.05, 0) is 33.3 Å². The van der Waals surface area contributed by atoms with Crippen LogP contribution in [0.25, 0.3) is 0 Å². The Morgan fingerprint density at radius 2 is 1.86 bits per heavy atom. The van der Waals surface area contributed by atoms with E-state index in [1.807, 2.05) is 45.0 Å². The molecule has 0 heterocycles. The fourth-order valence-electron chi connectivity index (χ4n) is 1.76. The SMILES string of the molecule is CC(C)(C)Oc1ccccc1CNC(=O)CCCC(=O)O. The minimum absolute atomic E-state index is 0.0111. The topological polar surface area (TPSA) is 75.6 Å². The maximum absolute atomic E-state index is 11.6. The monoisotopic (exact) mass is 293 g/mol. The number of carboxylic acids is 1. The lowest BCUT2D eigenvalue weighted by Crippen LogP contribution is -2.26. The molecule has 0 aliphatic carbocycles. The van der Waals surface area contributed by atoms with E-state index in [1.54, 1.807) is 0 Å². The third-order valence-electron chi connectivity index (χ3n) is 2.66. The van der Waals surface area contributed by atoms with Crippen LogP contribution in [-0.2, 0) is 16.1 Å². The summed E-state index contributed by atoms with van der Waals surface area (Å²) in [5.74, 6) is -0.288. The highest BCUT2D eigenvalue weighted by molar-refractivity contribution is 5.76. The highest BCUT2D eigenvalue weighted by Crippen LogP contribution is 2.22. The van der Waals surface area contributed by atoms with Crippen molar-refractivity contribution in [2.24, 2.45) is 0 Å². The number of nitrogens with one attached hydrogen (secondary N) is 1. The van der Waals surface area contributed by atoms with Crippen LogP contribution in [0.1, 0.15) is 45.6 Å². The quantitative estimate of drug-likeness (QED) is 0.810. The molecule has 0 aliphatic heterocycles. The summed E-state index contributed by atoms with van der Waals surface area (Å²) in [6.45, 7) is 6.27. The van der Waals surface area contributed by atoms with Crippen molar-refractivity contribution in [3.05, 3.63) is 29.8 Å². The molecule has 5 heteroatoms. The van der Waals surface area contributed by atoms with Crippen LogP contribution in [0.15, 0.2) is 24.3 Å². The predicted octanol–water partition coefficient (Wildman–Crippen LogP) is 2.74. The Morgan fingerprint density at radius 3 is 2.48 bits per heavy atom. The zero-order valence-electron chi connectivity index (χ0n) is 12.8. The molecule has 0 fully saturated rings. The van der Waals surface area contributed by atoms with Gasteiger partial charge in [-0.25, -0.2) is 0 Å². The van der Waals surface area contributed by atoms with Crippen LogP contribution < -0.4 is 10.1 Å². The summed E-state index contributed by atoms with van der Waals surface area (Å²) < 4.78 is 5.85.